The lowest BCUT2D eigenvalue weighted by atomic mass is 9.57. The van der Waals surface area contributed by atoms with Crippen molar-refractivity contribution in [2.75, 3.05) is 0 Å². The molecule has 3 atom stereocenters. The Hall–Kier alpha value is -2.17. The first-order chi connectivity index (χ1) is 13.5. The molecular weight excluding hydrogens is 368 g/mol. The Kier molecular flexibility index (Phi) is 5.02. The van der Waals surface area contributed by atoms with Crippen molar-refractivity contribution < 1.29 is 14.7 Å². The topological polar surface area (TPSA) is 54.4 Å². The van der Waals surface area contributed by atoms with Crippen molar-refractivity contribution in [3.8, 4) is 0 Å². The number of allylic oxidation sites excluding steroid dienone is 1. The predicted octanol–water partition coefficient (Wildman–Crippen LogP) is 4.89. The number of rotatable bonds is 5. The molecular formula is C24H24O3S. The Labute approximate surface area is 169 Å². The first-order valence-corrected chi connectivity index (χ1v) is 10.7. The van der Waals surface area contributed by atoms with E-state index < -0.39 is 16.9 Å². The van der Waals surface area contributed by atoms with Gasteiger partial charge in [-0.25, -0.2) is 0 Å². The summed E-state index contributed by atoms with van der Waals surface area (Å²) in [5, 5.41) is 12.0. The second kappa shape index (κ2) is 7.34. The molecule has 2 aliphatic rings. The highest BCUT2D eigenvalue weighted by Gasteiger charge is 2.67. The molecule has 3 nitrogen and oxygen atoms in total. The number of carbonyl (C=O) groups excluding carboxylic acids is 2. The van der Waals surface area contributed by atoms with Gasteiger partial charge in [-0.1, -0.05) is 78.9 Å². The lowest BCUT2D eigenvalue weighted by Gasteiger charge is -2.49. The van der Waals surface area contributed by atoms with Gasteiger partial charge in [0.25, 0.3) is 0 Å². The van der Waals surface area contributed by atoms with E-state index in [0.717, 1.165) is 12.0 Å². The molecule has 1 saturated carbocycles. The minimum absolute atomic E-state index is 0.0380. The summed E-state index contributed by atoms with van der Waals surface area (Å²) in [5.41, 5.74) is -0.207. The molecule has 0 unspecified atom stereocenters. The molecule has 0 aromatic heterocycles. The van der Waals surface area contributed by atoms with Crippen LogP contribution in [0.25, 0.3) is 0 Å². The fourth-order valence-electron chi connectivity index (χ4n) is 5.06. The van der Waals surface area contributed by atoms with Gasteiger partial charge in [0.05, 0.1) is 11.3 Å². The first-order valence-electron chi connectivity index (χ1n) is 9.73. The summed E-state index contributed by atoms with van der Waals surface area (Å²) in [7, 11) is 0. The summed E-state index contributed by atoms with van der Waals surface area (Å²) in [5.74, 6) is -0.0744. The number of thioether (sulfide) groups is 1. The van der Waals surface area contributed by atoms with E-state index in [9.17, 15) is 14.7 Å². The molecule has 0 amide bonds. The van der Waals surface area contributed by atoms with Gasteiger partial charge in [-0.3, -0.25) is 9.59 Å². The quantitative estimate of drug-likeness (QED) is 0.736. The average molecular weight is 393 g/mol. The second-order valence-electron chi connectivity index (χ2n) is 7.75. The standard InChI is InChI=1S/C24H24O3S/c1-2-14-23-15-8-13-20(22(26)28-16-17-9-4-3-5-10-17)24(23,27)19-12-7-6-11-18(19)21(23)25/h2-7,9-12,20,27H,1,8,13-16H2/t20-,23-,24+/m1/s1. The summed E-state index contributed by atoms with van der Waals surface area (Å²) >= 11 is 1.24. The van der Waals surface area contributed by atoms with Crippen molar-refractivity contribution in [3.63, 3.8) is 0 Å². The number of aliphatic hydroxyl groups is 1. The van der Waals surface area contributed by atoms with E-state index in [0.29, 0.717) is 36.1 Å². The number of Topliss-reactive ketones (excluding diaryl/α,β-unsaturated/α-hetero) is 1. The summed E-state index contributed by atoms with van der Waals surface area (Å²) in [6, 6.07) is 17.1. The minimum atomic E-state index is -1.46. The second-order valence-corrected chi connectivity index (χ2v) is 8.73. The first kappa shape index (κ1) is 19.2. The number of benzene rings is 2. The van der Waals surface area contributed by atoms with E-state index in [-0.39, 0.29) is 10.9 Å². The van der Waals surface area contributed by atoms with Crippen LogP contribution in [0.4, 0.5) is 0 Å². The van der Waals surface area contributed by atoms with E-state index in [1.54, 1.807) is 12.1 Å². The molecule has 144 valence electrons. The van der Waals surface area contributed by atoms with Gasteiger partial charge >= 0.3 is 0 Å². The van der Waals surface area contributed by atoms with Crippen molar-refractivity contribution in [2.24, 2.45) is 11.3 Å². The van der Waals surface area contributed by atoms with E-state index in [1.165, 1.54) is 11.8 Å². The molecule has 0 spiro atoms. The number of fused-ring (bicyclic) bond motifs is 3. The van der Waals surface area contributed by atoms with Crippen molar-refractivity contribution in [1.29, 1.82) is 0 Å². The number of ketones is 1. The summed E-state index contributed by atoms with van der Waals surface area (Å²) in [6.45, 7) is 3.83. The number of carbonyl (C=O) groups is 2. The Morgan fingerprint density at radius 3 is 2.64 bits per heavy atom. The van der Waals surface area contributed by atoms with Crippen LogP contribution in [0.5, 0.6) is 0 Å². The molecule has 1 N–H and O–H groups in total. The predicted molar refractivity (Wildman–Crippen MR) is 112 cm³/mol. The number of hydrogen-bond acceptors (Lipinski definition) is 4. The molecule has 2 aromatic rings. The third-order valence-corrected chi connectivity index (χ3v) is 7.40. The smallest absolute Gasteiger partial charge is 0.195 e. The van der Waals surface area contributed by atoms with Crippen LogP contribution in [0.1, 0.15) is 47.2 Å². The van der Waals surface area contributed by atoms with E-state index in [1.807, 2.05) is 48.5 Å². The molecule has 0 saturated heterocycles. The highest BCUT2D eigenvalue weighted by atomic mass is 32.2. The number of hydrogen-bond donors (Lipinski definition) is 1. The Morgan fingerprint density at radius 1 is 1.18 bits per heavy atom. The van der Waals surface area contributed by atoms with Gasteiger partial charge in [-0.05, 0) is 30.4 Å². The fraction of sp³-hybridized carbons (Fsp3) is 0.333. The minimum Gasteiger partial charge on any atom is -0.383 e. The monoisotopic (exact) mass is 392 g/mol. The summed E-state index contributed by atoms with van der Waals surface area (Å²) < 4.78 is 0. The van der Waals surface area contributed by atoms with Gasteiger partial charge in [0.1, 0.15) is 5.60 Å². The molecule has 4 rings (SSSR count). The third kappa shape index (κ3) is 2.70. The highest BCUT2D eigenvalue weighted by molar-refractivity contribution is 8.13. The van der Waals surface area contributed by atoms with Crippen molar-refractivity contribution in [1.82, 2.24) is 0 Å². The maximum Gasteiger partial charge on any atom is 0.195 e. The lowest BCUT2D eigenvalue weighted by Crippen LogP contribution is -2.55. The summed E-state index contributed by atoms with van der Waals surface area (Å²) in [6.07, 6.45) is 4.01. The van der Waals surface area contributed by atoms with Gasteiger partial charge in [-0.15, -0.1) is 6.58 Å². The van der Waals surface area contributed by atoms with Gasteiger partial charge in [0.2, 0.25) is 0 Å². The zero-order valence-electron chi connectivity index (χ0n) is 15.8. The summed E-state index contributed by atoms with van der Waals surface area (Å²) in [4.78, 5) is 26.6. The zero-order chi connectivity index (χ0) is 19.8. The van der Waals surface area contributed by atoms with Crippen molar-refractivity contribution >= 4 is 22.7 Å². The maximum absolute atomic E-state index is 13.4. The van der Waals surface area contributed by atoms with Gasteiger partial charge in [0, 0.05) is 11.3 Å². The largest absolute Gasteiger partial charge is 0.383 e. The van der Waals surface area contributed by atoms with Crippen LogP contribution < -0.4 is 0 Å². The van der Waals surface area contributed by atoms with Crippen molar-refractivity contribution in [2.45, 2.75) is 37.0 Å². The zero-order valence-corrected chi connectivity index (χ0v) is 16.6. The average Bonchev–Trinajstić information content (AvgIpc) is 2.92. The molecule has 28 heavy (non-hydrogen) atoms. The van der Waals surface area contributed by atoms with Crippen LogP contribution in [0.2, 0.25) is 0 Å². The normalized spacial score (nSPS) is 28.5. The molecule has 1 fully saturated rings. The lowest BCUT2D eigenvalue weighted by molar-refractivity contribution is -0.149. The fourth-order valence-corrected chi connectivity index (χ4v) is 6.05. The van der Waals surface area contributed by atoms with Gasteiger partial charge in [0.15, 0.2) is 10.9 Å². The Morgan fingerprint density at radius 2 is 1.89 bits per heavy atom. The highest BCUT2D eigenvalue weighted by Crippen LogP contribution is 2.62. The Balaban J connectivity index is 1.71. The van der Waals surface area contributed by atoms with Crippen LogP contribution in [-0.2, 0) is 16.1 Å². The van der Waals surface area contributed by atoms with Gasteiger partial charge in [-0.2, -0.15) is 0 Å². The molecule has 0 aliphatic heterocycles. The molecule has 0 bridgehead atoms. The SMILES string of the molecule is C=CC[C@]12CCC[C@H](C(=O)SCc3ccccc3)[C@@]1(O)c1ccccc1C2=O. The van der Waals surface area contributed by atoms with Crippen molar-refractivity contribution in [3.05, 3.63) is 83.9 Å². The molecule has 2 aliphatic carbocycles. The Bertz CT molecular complexity index is 922. The molecule has 0 heterocycles. The van der Waals surface area contributed by atoms with Crippen LogP contribution in [0.3, 0.4) is 0 Å². The molecule has 2 aromatic carbocycles. The van der Waals surface area contributed by atoms with Gasteiger partial charge < -0.3 is 5.11 Å². The molecule has 0 radical (unpaired) electrons. The van der Waals surface area contributed by atoms with E-state index in [2.05, 4.69) is 6.58 Å². The van der Waals surface area contributed by atoms with Crippen LogP contribution >= 0.6 is 11.8 Å². The molecule has 4 heteroatoms. The van der Waals surface area contributed by atoms with Crippen LogP contribution in [0.15, 0.2) is 67.3 Å². The van der Waals surface area contributed by atoms with E-state index >= 15 is 0 Å². The maximum atomic E-state index is 13.4. The van der Waals surface area contributed by atoms with Crippen LogP contribution in [0, 0.1) is 11.3 Å². The van der Waals surface area contributed by atoms with Crippen LogP contribution in [-0.4, -0.2) is 16.0 Å². The van der Waals surface area contributed by atoms with E-state index in [4.69, 9.17) is 0 Å². The third-order valence-electron chi connectivity index (χ3n) is 6.35.